The summed E-state index contributed by atoms with van der Waals surface area (Å²) >= 11 is 0. The number of aromatic hydroxyl groups is 1. The van der Waals surface area contributed by atoms with Crippen molar-refractivity contribution in [1.29, 1.82) is 0 Å². The summed E-state index contributed by atoms with van der Waals surface area (Å²) in [4.78, 5) is 8.44. The van der Waals surface area contributed by atoms with Gasteiger partial charge >= 0.3 is 0 Å². The maximum Gasteiger partial charge on any atom is 0.115 e. The van der Waals surface area contributed by atoms with Gasteiger partial charge in [0.15, 0.2) is 0 Å². The molecule has 0 amide bonds. The molecule has 6 rings (SSSR count). The predicted octanol–water partition coefficient (Wildman–Crippen LogP) is 7.64. The molecule has 5 nitrogen and oxygen atoms in total. The van der Waals surface area contributed by atoms with Crippen molar-refractivity contribution in [2.24, 2.45) is 0 Å². The van der Waals surface area contributed by atoms with Crippen LogP contribution in [0.2, 0.25) is 0 Å². The maximum absolute atomic E-state index is 10.0. The van der Waals surface area contributed by atoms with Gasteiger partial charge in [-0.3, -0.25) is 0 Å². The largest absolute Gasteiger partial charge is 0.508 e. The summed E-state index contributed by atoms with van der Waals surface area (Å²) in [5.41, 5.74) is 5.49. The van der Waals surface area contributed by atoms with Gasteiger partial charge in [-0.25, -0.2) is 0 Å². The van der Waals surface area contributed by atoms with Crippen molar-refractivity contribution in [2.75, 3.05) is 0 Å². The summed E-state index contributed by atoms with van der Waals surface area (Å²) in [6.45, 7) is 0. The van der Waals surface area contributed by atoms with Crippen LogP contribution in [-0.4, -0.2) is 25.3 Å². The standard InChI is InChI=1S/C15H16O3.2C11H8N.Ir/c16-13-8-6-12(7-9-13)15(18)10-14(17)11-4-2-1-3-5-11;2*1-2-6-10(7-3-1)11-8-4-5-9-12-11;/h1-9,14-18H,10H2;2*1-6,8-9H;/q;2*-1;. The molecular weight excluding hydrogens is 713 g/mol. The Morgan fingerprint density at radius 2 is 0.953 bits per heavy atom. The van der Waals surface area contributed by atoms with Gasteiger partial charge in [0.1, 0.15) is 5.75 Å². The Morgan fingerprint density at radius 1 is 0.512 bits per heavy atom. The van der Waals surface area contributed by atoms with Crippen LogP contribution in [0.5, 0.6) is 5.75 Å². The van der Waals surface area contributed by atoms with Crippen LogP contribution in [0.4, 0.5) is 0 Å². The molecule has 0 saturated carbocycles. The fourth-order valence-corrected chi connectivity index (χ4v) is 4.00. The molecule has 2 atom stereocenters. The Labute approximate surface area is 266 Å². The first kappa shape index (κ1) is 33.1. The average Bonchev–Trinajstić information content (AvgIpc) is 3.08. The molecule has 6 heteroatoms. The van der Waals surface area contributed by atoms with Crippen LogP contribution in [-0.2, 0) is 20.1 Å². The van der Waals surface area contributed by atoms with E-state index in [-0.39, 0.29) is 32.3 Å². The third-order valence-corrected chi connectivity index (χ3v) is 6.21. The van der Waals surface area contributed by atoms with Gasteiger partial charge in [0.25, 0.3) is 0 Å². The first-order chi connectivity index (χ1) is 20.6. The summed E-state index contributed by atoms with van der Waals surface area (Å²) in [7, 11) is 0. The summed E-state index contributed by atoms with van der Waals surface area (Å²) in [6.07, 6.45) is 2.36. The van der Waals surface area contributed by atoms with Gasteiger partial charge in [-0.1, -0.05) is 66.7 Å². The van der Waals surface area contributed by atoms with Crippen LogP contribution >= 0.6 is 0 Å². The topological polar surface area (TPSA) is 86.5 Å². The molecule has 0 fully saturated rings. The van der Waals surface area contributed by atoms with E-state index in [4.69, 9.17) is 5.11 Å². The monoisotopic (exact) mass is 745 g/mol. The van der Waals surface area contributed by atoms with E-state index in [2.05, 4.69) is 22.1 Å². The van der Waals surface area contributed by atoms with E-state index in [0.29, 0.717) is 5.56 Å². The fourth-order valence-electron chi connectivity index (χ4n) is 4.00. The van der Waals surface area contributed by atoms with Gasteiger partial charge in [-0.15, -0.1) is 71.8 Å². The molecule has 2 heterocycles. The minimum atomic E-state index is -0.749. The van der Waals surface area contributed by atoms with Gasteiger partial charge in [0, 0.05) is 38.9 Å². The van der Waals surface area contributed by atoms with Gasteiger partial charge in [-0.2, -0.15) is 0 Å². The quantitative estimate of drug-likeness (QED) is 0.153. The van der Waals surface area contributed by atoms with Crippen molar-refractivity contribution in [3.05, 3.63) is 175 Å². The number of aliphatic hydroxyl groups is 2. The molecule has 4 aromatic carbocycles. The zero-order valence-corrected chi connectivity index (χ0v) is 25.8. The molecule has 0 aliphatic rings. The number of hydrogen-bond donors (Lipinski definition) is 3. The van der Waals surface area contributed by atoms with Crippen LogP contribution in [0.25, 0.3) is 22.5 Å². The SMILES string of the molecule is Oc1ccc(C(O)CC(O)c2ccccc2)cc1.[Ir].[c-]1ccccc1-c1ccccn1.[c-]1ccccc1-c1ccccn1. The van der Waals surface area contributed by atoms with E-state index in [9.17, 15) is 10.2 Å². The molecule has 2 aromatic heterocycles. The second-order valence-corrected chi connectivity index (χ2v) is 9.25. The van der Waals surface area contributed by atoms with Crippen molar-refractivity contribution in [1.82, 2.24) is 9.97 Å². The van der Waals surface area contributed by atoms with E-state index in [1.165, 1.54) is 12.1 Å². The summed E-state index contributed by atoms with van der Waals surface area (Å²) < 4.78 is 0. The fraction of sp³-hybridized carbons (Fsp3) is 0.0811. The van der Waals surface area contributed by atoms with Crippen molar-refractivity contribution in [2.45, 2.75) is 18.6 Å². The Kier molecular flexibility index (Phi) is 14.0. The number of benzene rings is 4. The summed E-state index contributed by atoms with van der Waals surface area (Å²) in [5.74, 6) is 0.162. The van der Waals surface area contributed by atoms with Gasteiger partial charge < -0.3 is 25.3 Å². The second-order valence-electron chi connectivity index (χ2n) is 9.25. The van der Waals surface area contributed by atoms with E-state index in [1.807, 2.05) is 115 Å². The zero-order valence-electron chi connectivity index (χ0n) is 23.4. The van der Waals surface area contributed by atoms with Gasteiger partial charge in [-0.05, 0) is 46.8 Å². The summed E-state index contributed by atoms with van der Waals surface area (Å²) in [6, 6.07) is 49.2. The molecule has 3 N–H and O–H groups in total. The summed E-state index contributed by atoms with van der Waals surface area (Å²) in [5, 5.41) is 29.2. The van der Waals surface area contributed by atoms with Crippen molar-refractivity contribution in [3.63, 3.8) is 0 Å². The normalized spacial score (nSPS) is 11.3. The third-order valence-electron chi connectivity index (χ3n) is 6.21. The van der Waals surface area contributed by atoms with Crippen LogP contribution in [0.3, 0.4) is 0 Å². The molecule has 2 unspecified atom stereocenters. The number of phenols is 1. The van der Waals surface area contributed by atoms with Crippen molar-refractivity contribution in [3.8, 4) is 28.3 Å². The molecule has 6 aromatic rings. The van der Waals surface area contributed by atoms with Crippen LogP contribution in [0, 0.1) is 12.1 Å². The Balaban J connectivity index is 0.000000180. The molecule has 0 aliphatic carbocycles. The third kappa shape index (κ3) is 11.0. The molecule has 43 heavy (non-hydrogen) atoms. The maximum atomic E-state index is 10.0. The first-order valence-electron chi connectivity index (χ1n) is 13.6. The molecule has 0 aliphatic heterocycles. The molecule has 1 radical (unpaired) electrons. The first-order valence-corrected chi connectivity index (χ1v) is 13.6. The van der Waals surface area contributed by atoms with Crippen molar-refractivity contribution >= 4 is 0 Å². The Morgan fingerprint density at radius 3 is 1.37 bits per heavy atom. The van der Waals surface area contributed by atoms with Crippen LogP contribution in [0.1, 0.15) is 29.8 Å². The number of aromatic nitrogens is 2. The van der Waals surface area contributed by atoms with Gasteiger partial charge in [0.05, 0.1) is 12.2 Å². The average molecular weight is 745 g/mol. The van der Waals surface area contributed by atoms with E-state index in [0.717, 1.165) is 28.1 Å². The second kappa shape index (κ2) is 18.2. The smallest absolute Gasteiger partial charge is 0.115 e. The number of rotatable bonds is 6. The molecule has 219 valence electrons. The zero-order chi connectivity index (χ0) is 29.4. The van der Waals surface area contributed by atoms with Crippen LogP contribution < -0.4 is 0 Å². The minimum absolute atomic E-state index is 0. The predicted molar refractivity (Wildman–Crippen MR) is 166 cm³/mol. The Hall–Kier alpha value is -4.45. The van der Waals surface area contributed by atoms with Gasteiger partial charge in [0.2, 0.25) is 0 Å². The number of pyridine rings is 2. The number of hydrogen-bond acceptors (Lipinski definition) is 5. The van der Waals surface area contributed by atoms with E-state index < -0.39 is 12.2 Å². The molecule has 0 spiro atoms. The van der Waals surface area contributed by atoms with E-state index in [1.54, 1.807) is 24.5 Å². The van der Waals surface area contributed by atoms with Crippen molar-refractivity contribution < 1.29 is 35.4 Å². The molecule has 0 saturated heterocycles. The Bertz CT molecular complexity index is 1410. The van der Waals surface area contributed by atoms with Crippen LogP contribution in [0.15, 0.2) is 152 Å². The van der Waals surface area contributed by atoms with E-state index >= 15 is 0 Å². The number of nitrogens with zero attached hydrogens (tertiary/aromatic N) is 2. The molecule has 0 bridgehead atoms. The number of aliphatic hydroxyl groups excluding tert-OH is 2. The number of phenolic OH excluding ortho intramolecular Hbond substituents is 1. The minimum Gasteiger partial charge on any atom is -0.508 e. The molecular formula is C37H32IrN2O3-2.